The summed E-state index contributed by atoms with van der Waals surface area (Å²) in [6.07, 6.45) is 4.73. The first-order valence-electron chi connectivity index (χ1n) is 6.48. The molecule has 0 radical (unpaired) electrons. The van der Waals surface area contributed by atoms with Crippen LogP contribution in [0, 0.1) is 5.92 Å². The maximum atomic E-state index is 11.7. The number of carboxylic acids is 1. The highest BCUT2D eigenvalue weighted by Gasteiger charge is 2.41. The van der Waals surface area contributed by atoms with Crippen LogP contribution in [0.4, 0.5) is 0 Å². The molecule has 0 aromatic heterocycles. The Labute approximate surface area is 109 Å². The van der Waals surface area contributed by atoms with Crippen molar-refractivity contribution in [3.05, 3.63) is 48.6 Å². The van der Waals surface area contributed by atoms with Gasteiger partial charge in [0.05, 0.1) is 5.41 Å². The van der Waals surface area contributed by atoms with E-state index in [1.807, 2.05) is 30.3 Å². The van der Waals surface area contributed by atoms with E-state index in [0.29, 0.717) is 0 Å². The lowest BCUT2D eigenvalue weighted by Gasteiger charge is -2.32. The van der Waals surface area contributed by atoms with Crippen LogP contribution in [0.1, 0.15) is 38.7 Å². The molecule has 0 saturated heterocycles. The van der Waals surface area contributed by atoms with Crippen molar-refractivity contribution in [1.82, 2.24) is 0 Å². The minimum absolute atomic E-state index is 0.0441. The molecule has 0 heterocycles. The lowest BCUT2D eigenvalue weighted by molar-refractivity contribution is -0.144. The summed E-state index contributed by atoms with van der Waals surface area (Å²) < 4.78 is 0. The van der Waals surface area contributed by atoms with E-state index in [2.05, 4.69) is 13.5 Å². The average molecular weight is 246 g/mol. The van der Waals surface area contributed by atoms with Gasteiger partial charge in [0.25, 0.3) is 0 Å². The van der Waals surface area contributed by atoms with Gasteiger partial charge in [0.15, 0.2) is 0 Å². The number of benzene rings is 1. The minimum Gasteiger partial charge on any atom is -0.481 e. The molecule has 1 aromatic rings. The number of unbranched alkanes of at least 4 members (excludes halogenated alkanes) is 1. The van der Waals surface area contributed by atoms with Crippen LogP contribution in [-0.4, -0.2) is 11.1 Å². The fourth-order valence-electron chi connectivity index (χ4n) is 2.35. The quantitative estimate of drug-likeness (QED) is 0.738. The normalized spacial score (nSPS) is 15.7. The van der Waals surface area contributed by atoms with Gasteiger partial charge < -0.3 is 5.11 Å². The van der Waals surface area contributed by atoms with Gasteiger partial charge in [-0.2, -0.15) is 0 Å². The average Bonchev–Trinajstić information content (AvgIpc) is 2.40. The van der Waals surface area contributed by atoms with Crippen molar-refractivity contribution in [2.45, 2.75) is 38.5 Å². The Morgan fingerprint density at radius 3 is 2.50 bits per heavy atom. The smallest absolute Gasteiger partial charge is 0.314 e. The van der Waals surface area contributed by atoms with Gasteiger partial charge in [0.2, 0.25) is 0 Å². The predicted molar refractivity (Wildman–Crippen MR) is 74.6 cm³/mol. The van der Waals surface area contributed by atoms with E-state index in [-0.39, 0.29) is 5.92 Å². The summed E-state index contributed by atoms with van der Waals surface area (Å²) in [5, 5.41) is 9.64. The zero-order valence-electron chi connectivity index (χ0n) is 11.2. The lowest BCUT2D eigenvalue weighted by Crippen LogP contribution is -2.39. The third-order valence-corrected chi connectivity index (χ3v) is 3.71. The van der Waals surface area contributed by atoms with E-state index in [1.165, 1.54) is 0 Å². The number of rotatable bonds is 7. The van der Waals surface area contributed by atoms with Crippen LogP contribution in [-0.2, 0) is 10.2 Å². The second-order valence-corrected chi connectivity index (χ2v) is 4.86. The Morgan fingerprint density at radius 2 is 2.06 bits per heavy atom. The molecule has 2 heteroatoms. The van der Waals surface area contributed by atoms with E-state index < -0.39 is 11.4 Å². The second-order valence-electron chi connectivity index (χ2n) is 4.86. The highest BCUT2D eigenvalue weighted by Crippen LogP contribution is 2.36. The van der Waals surface area contributed by atoms with E-state index in [4.69, 9.17) is 0 Å². The lowest BCUT2D eigenvalue weighted by atomic mass is 9.70. The molecule has 0 aliphatic rings. The van der Waals surface area contributed by atoms with Crippen LogP contribution in [0.25, 0.3) is 0 Å². The first-order chi connectivity index (χ1) is 8.57. The van der Waals surface area contributed by atoms with Crippen LogP contribution in [0.2, 0.25) is 0 Å². The second kappa shape index (κ2) is 6.39. The van der Waals surface area contributed by atoms with Crippen molar-refractivity contribution in [2.24, 2.45) is 5.92 Å². The van der Waals surface area contributed by atoms with E-state index in [0.717, 1.165) is 24.8 Å². The number of carboxylic acid groups (broad SMARTS) is 1. The maximum absolute atomic E-state index is 11.7. The summed E-state index contributed by atoms with van der Waals surface area (Å²) in [5.74, 6) is -0.827. The summed E-state index contributed by atoms with van der Waals surface area (Å²) >= 11 is 0. The summed E-state index contributed by atoms with van der Waals surface area (Å²) in [4.78, 5) is 11.7. The highest BCUT2D eigenvalue weighted by atomic mass is 16.4. The molecule has 0 bridgehead atoms. The molecule has 0 spiro atoms. The fourth-order valence-corrected chi connectivity index (χ4v) is 2.35. The number of hydrogen-bond acceptors (Lipinski definition) is 1. The Morgan fingerprint density at radius 1 is 1.44 bits per heavy atom. The molecule has 0 aliphatic carbocycles. The largest absolute Gasteiger partial charge is 0.481 e. The molecule has 18 heavy (non-hydrogen) atoms. The number of carbonyl (C=O) groups is 1. The third kappa shape index (κ3) is 2.81. The zero-order chi connectivity index (χ0) is 13.6. The maximum Gasteiger partial charge on any atom is 0.314 e. The van der Waals surface area contributed by atoms with Crippen molar-refractivity contribution >= 4 is 5.97 Å². The molecule has 1 rings (SSSR count). The first kappa shape index (κ1) is 14.5. The molecule has 0 fully saturated rings. The molecular formula is C16H22O2. The summed E-state index contributed by atoms with van der Waals surface area (Å²) in [6, 6.07) is 9.45. The Balaban J connectivity index is 3.13. The zero-order valence-corrected chi connectivity index (χ0v) is 11.2. The summed E-state index contributed by atoms with van der Waals surface area (Å²) in [7, 11) is 0. The van der Waals surface area contributed by atoms with Crippen molar-refractivity contribution in [3.8, 4) is 0 Å². The predicted octanol–water partition coefficient (Wildman–Crippen LogP) is 4.02. The number of aliphatic carboxylic acids is 1. The Bertz CT molecular complexity index is 397. The molecule has 1 aromatic carbocycles. The Kier molecular flexibility index (Phi) is 5.14. The van der Waals surface area contributed by atoms with Crippen LogP contribution in [0.5, 0.6) is 0 Å². The molecule has 2 nitrogen and oxygen atoms in total. The van der Waals surface area contributed by atoms with E-state index in [9.17, 15) is 9.90 Å². The van der Waals surface area contributed by atoms with Crippen molar-refractivity contribution in [2.75, 3.05) is 0 Å². The Hall–Kier alpha value is -1.57. The van der Waals surface area contributed by atoms with Gasteiger partial charge in [0.1, 0.15) is 0 Å². The van der Waals surface area contributed by atoms with Gasteiger partial charge in [-0.05, 0) is 24.8 Å². The van der Waals surface area contributed by atoms with Gasteiger partial charge in [-0.25, -0.2) is 0 Å². The van der Waals surface area contributed by atoms with Gasteiger partial charge in [-0.15, -0.1) is 6.58 Å². The van der Waals surface area contributed by atoms with Gasteiger partial charge in [-0.1, -0.05) is 56.2 Å². The van der Waals surface area contributed by atoms with Crippen molar-refractivity contribution in [1.29, 1.82) is 0 Å². The monoisotopic (exact) mass is 246 g/mol. The molecular weight excluding hydrogens is 224 g/mol. The molecule has 98 valence electrons. The number of hydrogen-bond donors (Lipinski definition) is 1. The molecule has 2 atom stereocenters. The standard InChI is InChI=1S/C16H22O2/c1-4-6-10-13(5-2)16(3,15(17)18)14-11-8-7-9-12-14/h5,7-9,11-13H,2,4,6,10H2,1,3H3,(H,17,18)/t13-,16?/m0/s1. The van der Waals surface area contributed by atoms with Gasteiger partial charge in [-0.3, -0.25) is 4.79 Å². The number of allylic oxidation sites excluding steroid dienone is 1. The van der Waals surface area contributed by atoms with Gasteiger partial charge >= 0.3 is 5.97 Å². The third-order valence-electron chi connectivity index (χ3n) is 3.71. The minimum atomic E-state index is -0.891. The topological polar surface area (TPSA) is 37.3 Å². The van der Waals surface area contributed by atoms with Crippen LogP contribution in [0.15, 0.2) is 43.0 Å². The van der Waals surface area contributed by atoms with Crippen LogP contribution < -0.4 is 0 Å². The summed E-state index contributed by atoms with van der Waals surface area (Å²) in [5.41, 5.74) is -0.0449. The first-order valence-corrected chi connectivity index (χ1v) is 6.48. The van der Waals surface area contributed by atoms with E-state index in [1.54, 1.807) is 13.0 Å². The SMILES string of the molecule is C=C[C@@H](CCCC)C(C)(C(=O)O)c1ccccc1. The summed E-state index contributed by atoms with van der Waals surface area (Å²) in [6.45, 7) is 7.73. The molecule has 1 N–H and O–H groups in total. The van der Waals surface area contributed by atoms with Crippen molar-refractivity contribution < 1.29 is 9.90 Å². The van der Waals surface area contributed by atoms with Crippen molar-refractivity contribution in [3.63, 3.8) is 0 Å². The molecule has 0 saturated carbocycles. The van der Waals surface area contributed by atoms with Crippen LogP contribution >= 0.6 is 0 Å². The fraction of sp³-hybridized carbons (Fsp3) is 0.438. The molecule has 0 aliphatic heterocycles. The molecule has 0 amide bonds. The van der Waals surface area contributed by atoms with Gasteiger partial charge in [0, 0.05) is 0 Å². The van der Waals surface area contributed by atoms with E-state index >= 15 is 0 Å². The van der Waals surface area contributed by atoms with Crippen LogP contribution in [0.3, 0.4) is 0 Å². The highest BCUT2D eigenvalue weighted by molar-refractivity contribution is 5.81. The molecule has 1 unspecified atom stereocenters.